The molecule has 0 radical (unpaired) electrons. The minimum absolute atomic E-state index is 0.148. The van der Waals surface area contributed by atoms with Crippen molar-refractivity contribution in [2.24, 2.45) is 5.41 Å². The predicted molar refractivity (Wildman–Crippen MR) is 74.1 cm³/mol. The Bertz CT molecular complexity index is 366. The molecule has 1 amide bonds. The maximum Gasteiger partial charge on any atom is 0.410 e. The van der Waals surface area contributed by atoms with Crippen LogP contribution in [0.3, 0.4) is 0 Å². The standard InChI is InChI=1S/C15H27NO3/c1-13(2,3)19-12(17)16-9-14(4,5)8-7-11(16)15(6)10-18-15/h11H,7-10H2,1-6H3. The first kappa shape index (κ1) is 14.6. The van der Waals surface area contributed by atoms with Crippen LogP contribution in [0.15, 0.2) is 0 Å². The zero-order valence-electron chi connectivity index (χ0n) is 13.1. The number of carbonyl (C=O) groups is 1. The summed E-state index contributed by atoms with van der Waals surface area (Å²) in [5, 5.41) is 0. The lowest BCUT2D eigenvalue weighted by Gasteiger charge is -2.45. The molecule has 2 atom stereocenters. The van der Waals surface area contributed by atoms with E-state index in [1.807, 2.05) is 25.7 Å². The molecule has 0 aromatic carbocycles. The van der Waals surface area contributed by atoms with Crippen molar-refractivity contribution in [3.63, 3.8) is 0 Å². The van der Waals surface area contributed by atoms with Gasteiger partial charge in [-0.15, -0.1) is 0 Å². The van der Waals surface area contributed by atoms with Crippen LogP contribution >= 0.6 is 0 Å². The molecule has 2 aliphatic rings. The Morgan fingerprint density at radius 2 is 1.89 bits per heavy atom. The van der Waals surface area contributed by atoms with Crippen molar-refractivity contribution in [1.82, 2.24) is 4.90 Å². The van der Waals surface area contributed by atoms with Gasteiger partial charge in [0.1, 0.15) is 11.2 Å². The van der Waals surface area contributed by atoms with Crippen LogP contribution in [-0.4, -0.2) is 41.4 Å². The van der Waals surface area contributed by atoms with Crippen molar-refractivity contribution in [1.29, 1.82) is 0 Å². The molecule has 0 bridgehead atoms. The molecule has 2 heterocycles. The third kappa shape index (κ3) is 3.41. The topological polar surface area (TPSA) is 42.1 Å². The first-order valence-corrected chi connectivity index (χ1v) is 7.16. The molecule has 0 N–H and O–H groups in total. The predicted octanol–water partition coefficient (Wildman–Crippen LogP) is 3.20. The molecule has 110 valence electrons. The van der Waals surface area contributed by atoms with Gasteiger partial charge in [0.2, 0.25) is 0 Å². The van der Waals surface area contributed by atoms with Crippen LogP contribution in [0.25, 0.3) is 0 Å². The van der Waals surface area contributed by atoms with Crippen molar-refractivity contribution in [3.05, 3.63) is 0 Å². The third-order valence-corrected chi connectivity index (χ3v) is 4.00. The number of nitrogens with zero attached hydrogens (tertiary/aromatic N) is 1. The van der Waals surface area contributed by atoms with E-state index >= 15 is 0 Å². The molecule has 0 aromatic heterocycles. The summed E-state index contributed by atoms with van der Waals surface area (Å²) >= 11 is 0. The smallest absolute Gasteiger partial charge is 0.410 e. The van der Waals surface area contributed by atoms with Gasteiger partial charge in [-0.2, -0.15) is 0 Å². The van der Waals surface area contributed by atoms with Crippen LogP contribution < -0.4 is 0 Å². The number of likely N-dealkylation sites (tertiary alicyclic amines) is 1. The van der Waals surface area contributed by atoms with E-state index in [0.29, 0.717) is 0 Å². The zero-order chi connectivity index (χ0) is 14.5. The summed E-state index contributed by atoms with van der Waals surface area (Å²) in [6.45, 7) is 13.7. The second kappa shape index (κ2) is 4.37. The molecule has 2 fully saturated rings. The Hall–Kier alpha value is -0.770. The van der Waals surface area contributed by atoms with Crippen LogP contribution in [0.4, 0.5) is 4.79 Å². The van der Waals surface area contributed by atoms with Gasteiger partial charge >= 0.3 is 6.09 Å². The molecule has 4 heteroatoms. The lowest BCUT2D eigenvalue weighted by atomic mass is 9.78. The van der Waals surface area contributed by atoms with E-state index in [0.717, 1.165) is 26.0 Å². The number of piperidine rings is 1. The molecular formula is C15H27NO3. The van der Waals surface area contributed by atoms with E-state index in [2.05, 4.69) is 20.8 Å². The van der Waals surface area contributed by atoms with Crippen molar-refractivity contribution in [2.45, 2.75) is 71.6 Å². The SMILES string of the molecule is CC1(C)CCC(C2(C)CO2)N(C(=O)OC(C)(C)C)C1. The number of hydrogen-bond donors (Lipinski definition) is 0. The Labute approximate surface area is 116 Å². The average molecular weight is 269 g/mol. The van der Waals surface area contributed by atoms with E-state index in [1.54, 1.807) is 0 Å². The Morgan fingerprint density at radius 1 is 1.32 bits per heavy atom. The lowest BCUT2D eigenvalue weighted by molar-refractivity contribution is -0.0213. The molecule has 0 spiro atoms. The fraction of sp³-hybridized carbons (Fsp3) is 0.933. The second-order valence-corrected chi connectivity index (χ2v) is 7.93. The minimum atomic E-state index is -0.450. The van der Waals surface area contributed by atoms with E-state index in [1.165, 1.54) is 0 Å². The van der Waals surface area contributed by atoms with Crippen molar-refractivity contribution < 1.29 is 14.3 Å². The molecule has 2 aliphatic heterocycles. The highest BCUT2D eigenvalue weighted by molar-refractivity contribution is 5.69. The van der Waals surface area contributed by atoms with E-state index in [4.69, 9.17) is 9.47 Å². The number of ether oxygens (including phenoxy) is 2. The van der Waals surface area contributed by atoms with Crippen molar-refractivity contribution >= 4 is 6.09 Å². The molecular weight excluding hydrogens is 242 g/mol. The first-order chi connectivity index (χ1) is 8.53. The first-order valence-electron chi connectivity index (χ1n) is 7.16. The van der Waals surface area contributed by atoms with E-state index in [-0.39, 0.29) is 23.2 Å². The number of hydrogen-bond acceptors (Lipinski definition) is 3. The van der Waals surface area contributed by atoms with E-state index in [9.17, 15) is 4.79 Å². The van der Waals surface area contributed by atoms with Gasteiger partial charge in [0.05, 0.1) is 12.6 Å². The van der Waals surface area contributed by atoms with Gasteiger partial charge in [0, 0.05) is 6.54 Å². The average Bonchev–Trinajstić information content (AvgIpc) is 2.93. The van der Waals surface area contributed by atoms with Crippen LogP contribution in [0.1, 0.15) is 54.4 Å². The summed E-state index contributed by atoms with van der Waals surface area (Å²) in [6.07, 6.45) is 1.90. The highest BCUT2D eigenvalue weighted by Crippen LogP contribution is 2.42. The third-order valence-electron chi connectivity index (χ3n) is 4.00. The van der Waals surface area contributed by atoms with Crippen LogP contribution in [-0.2, 0) is 9.47 Å². The van der Waals surface area contributed by atoms with Crippen LogP contribution in [0, 0.1) is 5.41 Å². The zero-order valence-corrected chi connectivity index (χ0v) is 13.1. The van der Waals surface area contributed by atoms with Crippen LogP contribution in [0.5, 0.6) is 0 Å². The summed E-state index contributed by atoms with van der Waals surface area (Å²) in [6, 6.07) is 0.148. The summed E-state index contributed by atoms with van der Waals surface area (Å²) in [5.41, 5.74) is -0.458. The maximum absolute atomic E-state index is 12.4. The molecule has 0 aliphatic carbocycles. The largest absolute Gasteiger partial charge is 0.444 e. The molecule has 2 saturated heterocycles. The molecule has 0 saturated carbocycles. The molecule has 2 unspecified atom stereocenters. The minimum Gasteiger partial charge on any atom is -0.444 e. The molecule has 4 nitrogen and oxygen atoms in total. The monoisotopic (exact) mass is 269 g/mol. The Balaban J connectivity index is 2.14. The Kier molecular flexibility index (Phi) is 3.37. The fourth-order valence-electron chi connectivity index (χ4n) is 2.79. The highest BCUT2D eigenvalue weighted by Gasteiger charge is 2.53. The Morgan fingerprint density at radius 3 is 2.37 bits per heavy atom. The maximum atomic E-state index is 12.4. The van der Waals surface area contributed by atoms with Gasteiger partial charge in [-0.25, -0.2) is 4.79 Å². The van der Waals surface area contributed by atoms with Gasteiger partial charge < -0.3 is 14.4 Å². The number of epoxide rings is 1. The molecule has 2 rings (SSSR count). The second-order valence-electron chi connectivity index (χ2n) is 7.93. The lowest BCUT2D eigenvalue weighted by Crippen LogP contribution is -2.56. The molecule has 19 heavy (non-hydrogen) atoms. The van der Waals surface area contributed by atoms with Gasteiger partial charge in [0.15, 0.2) is 0 Å². The fourth-order valence-corrected chi connectivity index (χ4v) is 2.79. The normalized spacial score (nSPS) is 34.0. The van der Waals surface area contributed by atoms with Gasteiger partial charge in [-0.3, -0.25) is 0 Å². The summed E-state index contributed by atoms with van der Waals surface area (Å²) in [4.78, 5) is 14.3. The van der Waals surface area contributed by atoms with Gasteiger partial charge in [-0.05, 0) is 46.0 Å². The van der Waals surface area contributed by atoms with Crippen molar-refractivity contribution in [3.8, 4) is 0 Å². The quantitative estimate of drug-likeness (QED) is 0.686. The summed E-state index contributed by atoms with van der Waals surface area (Å²) in [5.74, 6) is 0. The summed E-state index contributed by atoms with van der Waals surface area (Å²) < 4.78 is 11.1. The van der Waals surface area contributed by atoms with Gasteiger partial charge in [-0.1, -0.05) is 13.8 Å². The number of rotatable bonds is 1. The van der Waals surface area contributed by atoms with E-state index < -0.39 is 5.60 Å². The van der Waals surface area contributed by atoms with Gasteiger partial charge in [0.25, 0.3) is 0 Å². The highest BCUT2D eigenvalue weighted by atomic mass is 16.6. The summed E-state index contributed by atoms with van der Waals surface area (Å²) in [7, 11) is 0. The van der Waals surface area contributed by atoms with Crippen molar-refractivity contribution in [2.75, 3.05) is 13.2 Å². The molecule has 0 aromatic rings. The van der Waals surface area contributed by atoms with Crippen LogP contribution in [0.2, 0.25) is 0 Å². The number of carbonyl (C=O) groups excluding carboxylic acids is 1. The number of amides is 1.